The van der Waals surface area contributed by atoms with Crippen molar-refractivity contribution in [3.8, 4) is 46.0 Å². The fourth-order valence-corrected chi connectivity index (χ4v) is 11.1. The van der Waals surface area contributed by atoms with Gasteiger partial charge in [0.05, 0.1) is 49.8 Å². The molecule has 70 heavy (non-hydrogen) atoms. The summed E-state index contributed by atoms with van der Waals surface area (Å²) in [6, 6.07) is 81.1. The van der Waals surface area contributed by atoms with E-state index in [0.717, 1.165) is 105 Å². The lowest BCUT2D eigenvalue weighted by Gasteiger charge is -2.14. The van der Waals surface area contributed by atoms with Crippen molar-refractivity contribution in [2.24, 2.45) is 0 Å². The lowest BCUT2D eigenvalue weighted by molar-refractivity contribution is 0.893. The molecule has 0 aliphatic carbocycles. The van der Waals surface area contributed by atoms with E-state index < -0.39 is 0 Å². The van der Waals surface area contributed by atoms with E-state index in [1.54, 1.807) is 0 Å². The molecule has 0 aliphatic heterocycles. The summed E-state index contributed by atoms with van der Waals surface area (Å²) in [5.74, 6) is 2.42. The van der Waals surface area contributed by atoms with Crippen LogP contribution in [-0.2, 0) is 0 Å². The van der Waals surface area contributed by atoms with Crippen molar-refractivity contribution >= 4 is 87.2 Å². The standard InChI is InChI=1S/C62H38N8/c1-4-19-39(20-5-1)49-29-18-34-55(63-49)69-51-31-15-11-26-43(51)46-35-36-47-44-27-12-16-32-52(44)70(59(47)58(46)69)62-65-60(40-21-6-2-7-22-40)64-61(66-62)68-53-33-17-13-28-48(53)56-54(68)38-37-45-42-25-10-14-30-50(42)67(57(45)56)41-23-8-3-9-24-41/h1-38H. The molecule has 0 spiro atoms. The number of hydrogen-bond acceptors (Lipinski definition) is 4. The second kappa shape index (κ2) is 14.9. The number of aromatic nitrogens is 8. The van der Waals surface area contributed by atoms with Crippen molar-refractivity contribution in [1.82, 2.24) is 38.2 Å². The summed E-state index contributed by atoms with van der Waals surface area (Å²) < 4.78 is 9.21. The van der Waals surface area contributed by atoms with Crippen molar-refractivity contribution in [3.05, 3.63) is 231 Å². The van der Waals surface area contributed by atoms with Crippen LogP contribution < -0.4 is 0 Å². The minimum atomic E-state index is 0.510. The molecule has 15 aromatic rings. The molecule has 8 nitrogen and oxygen atoms in total. The summed E-state index contributed by atoms with van der Waals surface area (Å²) >= 11 is 0. The number of hydrogen-bond donors (Lipinski definition) is 0. The molecule has 6 heterocycles. The minimum absolute atomic E-state index is 0.510. The van der Waals surface area contributed by atoms with Gasteiger partial charge >= 0.3 is 0 Å². The van der Waals surface area contributed by atoms with E-state index in [-0.39, 0.29) is 0 Å². The monoisotopic (exact) mass is 894 g/mol. The van der Waals surface area contributed by atoms with Gasteiger partial charge in [0.15, 0.2) is 5.82 Å². The molecule has 8 heteroatoms. The molecular formula is C62H38N8. The Morgan fingerprint density at radius 1 is 0.257 bits per heavy atom. The van der Waals surface area contributed by atoms with Gasteiger partial charge in [0, 0.05) is 59.9 Å². The number of nitrogens with zero attached hydrogens (tertiary/aromatic N) is 8. The van der Waals surface area contributed by atoms with Gasteiger partial charge in [0.25, 0.3) is 0 Å². The Morgan fingerprint density at radius 2 is 0.729 bits per heavy atom. The molecule has 0 N–H and O–H groups in total. The zero-order chi connectivity index (χ0) is 45.9. The third kappa shape index (κ3) is 5.52. The van der Waals surface area contributed by atoms with Crippen LogP contribution in [0, 0.1) is 0 Å². The van der Waals surface area contributed by atoms with Crippen molar-refractivity contribution in [2.45, 2.75) is 0 Å². The SMILES string of the molecule is c1ccc(-c2cccc(-n3c4ccccc4c4ccc5c6ccccc6n(-c6nc(-c7ccccc7)nc(-n7c8ccccc8c8c7ccc7c9ccccc9n(-c9ccccc9)c78)n6)c5c43)n2)cc1. The fourth-order valence-electron chi connectivity index (χ4n) is 11.1. The molecule has 0 unspecified atom stereocenters. The number of rotatable bonds is 6. The van der Waals surface area contributed by atoms with Crippen LogP contribution in [-0.4, -0.2) is 38.2 Å². The molecule has 0 amide bonds. The van der Waals surface area contributed by atoms with Crippen molar-refractivity contribution in [2.75, 3.05) is 0 Å². The summed E-state index contributed by atoms with van der Waals surface area (Å²) in [5.41, 5.74) is 12.3. The first-order valence-electron chi connectivity index (χ1n) is 23.6. The minimum Gasteiger partial charge on any atom is -0.309 e. The average molecular weight is 895 g/mol. The Labute approximate surface area is 400 Å². The molecule has 9 aromatic carbocycles. The summed E-state index contributed by atoms with van der Waals surface area (Å²) in [7, 11) is 0. The molecule has 6 aromatic heterocycles. The average Bonchev–Trinajstić information content (AvgIpc) is 4.17. The van der Waals surface area contributed by atoms with Crippen LogP contribution in [0.25, 0.3) is 133 Å². The first kappa shape index (κ1) is 38.4. The van der Waals surface area contributed by atoms with Crippen LogP contribution in [0.2, 0.25) is 0 Å². The molecule has 326 valence electrons. The topological polar surface area (TPSA) is 71.3 Å². The van der Waals surface area contributed by atoms with Gasteiger partial charge in [-0.1, -0.05) is 176 Å². The van der Waals surface area contributed by atoms with E-state index in [2.05, 4.69) is 225 Å². The maximum Gasteiger partial charge on any atom is 0.240 e. The third-order valence-corrected chi connectivity index (χ3v) is 14.0. The first-order valence-corrected chi connectivity index (χ1v) is 23.6. The number of benzene rings is 9. The molecule has 0 aliphatic rings. The lowest BCUT2D eigenvalue weighted by atomic mass is 10.1. The summed E-state index contributed by atoms with van der Waals surface area (Å²) in [6.07, 6.45) is 0. The first-order chi connectivity index (χ1) is 34.8. The van der Waals surface area contributed by atoms with E-state index in [1.807, 2.05) is 24.3 Å². The Hall–Kier alpha value is -9.66. The normalized spacial score (nSPS) is 12.0. The zero-order valence-electron chi connectivity index (χ0n) is 37.5. The van der Waals surface area contributed by atoms with Crippen molar-refractivity contribution < 1.29 is 0 Å². The van der Waals surface area contributed by atoms with Gasteiger partial charge < -0.3 is 4.57 Å². The molecular weight excluding hydrogens is 857 g/mol. The maximum absolute atomic E-state index is 5.64. The quantitative estimate of drug-likeness (QED) is 0.167. The van der Waals surface area contributed by atoms with E-state index in [9.17, 15) is 0 Å². The largest absolute Gasteiger partial charge is 0.309 e. The van der Waals surface area contributed by atoms with E-state index >= 15 is 0 Å². The van der Waals surface area contributed by atoms with Gasteiger partial charge in [0.1, 0.15) is 5.82 Å². The predicted molar refractivity (Wildman–Crippen MR) is 286 cm³/mol. The second-order valence-corrected chi connectivity index (χ2v) is 17.8. The predicted octanol–water partition coefficient (Wildman–Crippen LogP) is 15.0. The Balaban J connectivity index is 1.07. The molecule has 15 rings (SSSR count). The van der Waals surface area contributed by atoms with Gasteiger partial charge in [-0.2, -0.15) is 15.0 Å². The van der Waals surface area contributed by atoms with Gasteiger partial charge in [-0.15, -0.1) is 0 Å². The van der Waals surface area contributed by atoms with Crippen LogP contribution in [0.4, 0.5) is 0 Å². The second-order valence-electron chi connectivity index (χ2n) is 17.8. The highest BCUT2D eigenvalue weighted by molar-refractivity contribution is 6.26. The zero-order valence-corrected chi connectivity index (χ0v) is 37.5. The highest BCUT2D eigenvalue weighted by Gasteiger charge is 2.26. The number of para-hydroxylation sites is 5. The fraction of sp³-hybridized carbons (Fsp3) is 0. The number of fused-ring (bicyclic) bond motifs is 14. The Kier molecular flexibility index (Phi) is 8.20. The molecule has 0 radical (unpaired) electrons. The molecule has 0 atom stereocenters. The molecule has 0 fully saturated rings. The lowest BCUT2D eigenvalue weighted by Crippen LogP contribution is -2.10. The third-order valence-electron chi connectivity index (χ3n) is 14.0. The highest BCUT2D eigenvalue weighted by Crippen LogP contribution is 2.44. The van der Waals surface area contributed by atoms with E-state index in [0.29, 0.717) is 17.7 Å². The number of pyridine rings is 1. The van der Waals surface area contributed by atoms with Gasteiger partial charge in [-0.25, -0.2) is 4.98 Å². The van der Waals surface area contributed by atoms with Gasteiger partial charge in [0.2, 0.25) is 11.9 Å². The molecule has 0 saturated carbocycles. The van der Waals surface area contributed by atoms with Crippen molar-refractivity contribution in [3.63, 3.8) is 0 Å². The highest BCUT2D eigenvalue weighted by atomic mass is 15.3. The van der Waals surface area contributed by atoms with Gasteiger partial charge in [-0.05, 0) is 54.6 Å². The molecule has 0 saturated heterocycles. The van der Waals surface area contributed by atoms with Crippen LogP contribution in [0.15, 0.2) is 231 Å². The summed E-state index contributed by atoms with van der Waals surface area (Å²) in [6.45, 7) is 0. The van der Waals surface area contributed by atoms with E-state index in [1.165, 1.54) is 10.8 Å². The summed E-state index contributed by atoms with van der Waals surface area (Å²) in [4.78, 5) is 21.9. The van der Waals surface area contributed by atoms with Crippen LogP contribution >= 0.6 is 0 Å². The maximum atomic E-state index is 5.64. The Bertz CT molecular complexity index is 4580. The molecule has 0 bridgehead atoms. The van der Waals surface area contributed by atoms with Crippen LogP contribution in [0.5, 0.6) is 0 Å². The summed E-state index contributed by atoms with van der Waals surface area (Å²) in [5, 5.41) is 9.05. The van der Waals surface area contributed by atoms with E-state index in [4.69, 9.17) is 19.9 Å². The van der Waals surface area contributed by atoms with Gasteiger partial charge in [-0.3, -0.25) is 13.7 Å². The Morgan fingerprint density at radius 3 is 1.37 bits per heavy atom. The van der Waals surface area contributed by atoms with Crippen molar-refractivity contribution in [1.29, 1.82) is 0 Å². The van der Waals surface area contributed by atoms with Crippen LogP contribution in [0.1, 0.15) is 0 Å². The van der Waals surface area contributed by atoms with Crippen LogP contribution in [0.3, 0.4) is 0 Å². The smallest absolute Gasteiger partial charge is 0.240 e.